The van der Waals surface area contributed by atoms with E-state index in [2.05, 4.69) is 27.7 Å². The van der Waals surface area contributed by atoms with Crippen molar-refractivity contribution < 1.29 is 17.9 Å². The average Bonchev–Trinajstić information content (AvgIpc) is 2.81. The summed E-state index contributed by atoms with van der Waals surface area (Å²) in [6.07, 6.45) is 24.4. The molecular formula is C26H58O4P2. The Morgan fingerprint density at radius 1 is 0.500 bits per heavy atom. The summed E-state index contributed by atoms with van der Waals surface area (Å²) in [6.45, 7) is 6.33. The summed E-state index contributed by atoms with van der Waals surface area (Å²) in [5, 5.41) is 0. The first kappa shape index (κ1) is 32.5. The minimum absolute atomic E-state index is 1.07. The van der Waals surface area contributed by atoms with Crippen molar-refractivity contribution >= 4 is 14.7 Å². The van der Waals surface area contributed by atoms with Crippen LogP contribution in [-0.4, -0.2) is 38.9 Å². The SMILES string of the molecule is CCCCCCCCCCCCP(CCCC)(CCCC)(CCCC)OP(=O)(OC)OC. The maximum absolute atomic E-state index is 13.3. The van der Waals surface area contributed by atoms with Gasteiger partial charge in [-0.25, -0.2) is 0 Å². The molecule has 0 rings (SSSR count). The second-order valence-corrected chi connectivity index (χ2v) is 17.7. The van der Waals surface area contributed by atoms with Crippen LogP contribution in [0.2, 0.25) is 0 Å². The third kappa shape index (κ3) is 12.9. The van der Waals surface area contributed by atoms with Crippen molar-refractivity contribution in [1.29, 1.82) is 0 Å². The van der Waals surface area contributed by atoms with Crippen molar-refractivity contribution in [3.8, 4) is 0 Å². The molecule has 0 unspecified atom stereocenters. The summed E-state index contributed by atoms with van der Waals surface area (Å²) in [4.78, 5) is 0. The molecule has 0 bridgehead atoms. The Balaban J connectivity index is 5.27. The van der Waals surface area contributed by atoms with Gasteiger partial charge in [0, 0.05) is 0 Å². The van der Waals surface area contributed by atoms with E-state index in [-0.39, 0.29) is 0 Å². The Morgan fingerprint density at radius 3 is 1.16 bits per heavy atom. The zero-order valence-electron chi connectivity index (χ0n) is 22.7. The molecule has 0 aromatic carbocycles. The van der Waals surface area contributed by atoms with Crippen LogP contribution in [0.3, 0.4) is 0 Å². The summed E-state index contributed by atoms with van der Waals surface area (Å²) in [7, 11) is -0.574. The van der Waals surface area contributed by atoms with Gasteiger partial charge >= 0.3 is 202 Å². The second-order valence-electron chi connectivity index (χ2n) is 9.89. The van der Waals surface area contributed by atoms with Crippen LogP contribution in [0.5, 0.6) is 0 Å². The van der Waals surface area contributed by atoms with Crippen LogP contribution in [0.4, 0.5) is 0 Å². The fraction of sp³-hybridized carbons (Fsp3) is 1.00. The molecule has 0 aliphatic carbocycles. The molecule has 196 valence electrons. The standard InChI is InChI=1S/C26H58O4P2/c1-7-11-15-16-17-18-19-20-21-22-26-32(23-12-8-2,24-13-9-3,25-14-10-4)30-31(27,28-5)29-6/h7-26H2,1-6H3. The average molecular weight is 497 g/mol. The van der Waals surface area contributed by atoms with Gasteiger partial charge in [0.05, 0.1) is 0 Å². The monoisotopic (exact) mass is 496 g/mol. The number of hydrogen-bond acceptors (Lipinski definition) is 4. The Labute approximate surface area is 202 Å². The number of rotatable bonds is 24. The first-order valence-electron chi connectivity index (χ1n) is 13.8. The van der Waals surface area contributed by atoms with E-state index in [1.807, 2.05) is 0 Å². The Kier molecular flexibility index (Phi) is 19.1. The summed E-state index contributed by atoms with van der Waals surface area (Å²) in [6, 6.07) is 0. The van der Waals surface area contributed by atoms with E-state index >= 15 is 0 Å². The zero-order valence-corrected chi connectivity index (χ0v) is 24.5. The molecule has 0 aromatic rings. The molecule has 4 nitrogen and oxygen atoms in total. The van der Waals surface area contributed by atoms with Gasteiger partial charge in [-0.3, -0.25) is 0 Å². The van der Waals surface area contributed by atoms with Crippen molar-refractivity contribution in [3.63, 3.8) is 0 Å². The quantitative estimate of drug-likeness (QED) is 0.0984. The van der Waals surface area contributed by atoms with E-state index in [0.29, 0.717) is 0 Å². The van der Waals surface area contributed by atoms with Crippen LogP contribution in [0.25, 0.3) is 0 Å². The fourth-order valence-electron chi connectivity index (χ4n) is 4.93. The van der Waals surface area contributed by atoms with Crippen LogP contribution in [0.15, 0.2) is 0 Å². The van der Waals surface area contributed by atoms with Crippen LogP contribution in [-0.2, 0) is 17.9 Å². The van der Waals surface area contributed by atoms with Crippen molar-refractivity contribution in [3.05, 3.63) is 0 Å². The molecule has 6 heteroatoms. The fourth-order valence-corrected chi connectivity index (χ4v) is 14.9. The van der Waals surface area contributed by atoms with Crippen LogP contribution < -0.4 is 0 Å². The predicted octanol–water partition coefficient (Wildman–Crippen LogP) is 10.2. The van der Waals surface area contributed by atoms with E-state index in [4.69, 9.17) is 13.4 Å². The molecule has 0 N–H and O–H groups in total. The van der Waals surface area contributed by atoms with Gasteiger partial charge in [-0.2, -0.15) is 0 Å². The zero-order chi connectivity index (χ0) is 24.2. The van der Waals surface area contributed by atoms with E-state index in [0.717, 1.165) is 63.2 Å². The van der Waals surface area contributed by atoms with E-state index in [1.54, 1.807) is 0 Å². The molecule has 0 aliphatic rings. The molecule has 32 heavy (non-hydrogen) atoms. The number of unbranched alkanes of at least 4 members (excludes halogenated alkanes) is 12. The van der Waals surface area contributed by atoms with Crippen molar-refractivity contribution in [1.82, 2.24) is 0 Å². The Bertz CT molecular complexity index is 452. The molecule has 0 heterocycles. The van der Waals surface area contributed by atoms with Gasteiger partial charge in [0.1, 0.15) is 0 Å². The van der Waals surface area contributed by atoms with Gasteiger partial charge in [-0.1, -0.05) is 0 Å². The number of phosphoric ester groups is 1. The Morgan fingerprint density at radius 2 is 0.812 bits per heavy atom. The molecule has 0 saturated heterocycles. The summed E-state index contributed by atoms with van der Waals surface area (Å²) >= 11 is 0. The predicted molar refractivity (Wildman–Crippen MR) is 146 cm³/mol. The van der Waals surface area contributed by atoms with Gasteiger partial charge in [-0.05, 0) is 0 Å². The topological polar surface area (TPSA) is 44.8 Å². The molecule has 0 aromatic heterocycles. The van der Waals surface area contributed by atoms with E-state index in [9.17, 15) is 4.57 Å². The minimum atomic E-state index is -3.51. The van der Waals surface area contributed by atoms with Gasteiger partial charge in [0.15, 0.2) is 0 Å². The molecule has 0 fully saturated rings. The number of phosphoric acid groups is 1. The van der Waals surface area contributed by atoms with Gasteiger partial charge in [0.2, 0.25) is 0 Å². The first-order valence-corrected chi connectivity index (χ1v) is 18.2. The number of hydrogen-bond donors (Lipinski definition) is 0. The molecule has 0 atom stereocenters. The summed E-state index contributed by atoms with van der Waals surface area (Å²) in [5.74, 6) is 0. The maximum atomic E-state index is 13.3. The molecular weight excluding hydrogens is 438 g/mol. The van der Waals surface area contributed by atoms with E-state index in [1.165, 1.54) is 78.4 Å². The summed E-state index contributed by atoms with van der Waals surface area (Å²) < 4.78 is 30.8. The first-order chi connectivity index (χ1) is 15.4. The van der Waals surface area contributed by atoms with E-state index < -0.39 is 14.7 Å². The van der Waals surface area contributed by atoms with Crippen molar-refractivity contribution in [2.24, 2.45) is 0 Å². The molecule has 0 amide bonds. The van der Waals surface area contributed by atoms with Crippen molar-refractivity contribution in [2.45, 2.75) is 130 Å². The van der Waals surface area contributed by atoms with Crippen LogP contribution in [0.1, 0.15) is 130 Å². The van der Waals surface area contributed by atoms with Crippen molar-refractivity contribution in [2.75, 3.05) is 38.9 Å². The van der Waals surface area contributed by atoms with Gasteiger partial charge < -0.3 is 0 Å². The summed E-state index contributed by atoms with van der Waals surface area (Å²) in [5.41, 5.74) is 0. The molecule has 0 spiro atoms. The van der Waals surface area contributed by atoms with Crippen LogP contribution in [0, 0.1) is 0 Å². The third-order valence-corrected chi connectivity index (χ3v) is 16.4. The van der Waals surface area contributed by atoms with Gasteiger partial charge in [-0.15, -0.1) is 0 Å². The Hall–Kier alpha value is 0.540. The molecule has 0 aliphatic heterocycles. The molecule has 0 radical (unpaired) electrons. The van der Waals surface area contributed by atoms with Gasteiger partial charge in [0.25, 0.3) is 0 Å². The third-order valence-electron chi connectivity index (χ3n) is 7.09. The normalized spacial score (nSPS) is 13.9. The van der Waals surface area contributed by atoms with Crippen LogP contribution >= 0.6 is 14.7 Å². The molecule has 0 saturated carbocycles. The second kappa shape index (κ2) is 18.8.